The monoisotopic (exact) mass is 524 g/mol. The number of hydrogen-bond acceptors (Lipinski definition) is 5. The number of carbonyl (C=O) groups is 2. The number of methoxy groups -OCH3 is 1. The highest BCUT2D eigenvalue weighted by molar-refractivity contribution is 14.1. The molecule has 0 saturated heterocycles. The molecule has 0 radical (unpaired) electrons. The van der Waals surface area contributed by atoms with Crippen molar-refractivity contribution in [2.45, 2.75) is 0 Å². The fourth-order valence-electron chi connectivity index (χ4n) is 2.68. The molecule has 0 bridgehead atoms. The molecule has 0 saturated carbocycles. The lowest BCUT2D eigenvalue weighted by Gasteiger charge is -2.12. The number of esters is 1. The highest BCUT2D eigenvalue weighted by Crippen LogP contribution is 2.35. The maximum absolute atomic E-state index is 12.5. The minimum Gasteiger partial charge on any atom is -0.493 e. The van der Waals surface area contributed by atoms with Crippen molar-refractivity contribution in [3.05, 3.63) is 93.1 Å². The Morgan fingerprint density at radius 3 is 2.29 bits per heavy atom. The number of carbonyl (C=O) groups excluding carboxylic acids is 2. The van der Waals surface area contributed by atoms with Crippen LogP contribution in [0.3, 0.4) is 0 Å². The van der Waals surface area contributed by atoms with Gasteiger partial charge in [-0.15, -0.1) is 0 Å². The van der Waals surface area contributed by atoms with Crippen molar-refractivity contribution in [2.24, 2.45) is 0 Å². The van der Waals surface area contributed by atoms with E-state index in [1.807, 2.05) is 40.8 Å². The number of nitrogens with zero attached hydrogens (tertiary/aromatic N) is 1. The number of ether oxygens (including phenoxy) is 2. The van der Waals surface area contributed by atoms with Crippen LogP contribution in [0.25, 0.3) is 6.08 Å². The second kappa shape index (κ2) is 10.4. The first kappa shape index (κ1) is 22.1. The first-order valence-electron chi connectivity index (χ1n) is 9.14. The molecule has 3 aromatic rings. The predicted molar refractivity (Wildman–Crippen MR) is 126 cm³/mol. The lowest BCUT2D eigenvalue weighted by atomic mass is 10.1. The first-order valence-corrected chi connectivity index (χ1v) is 10.2. The molecule has 6 nitrogen and oxygen atoms in total. The van der Waals surface area contributed by atoms with Crippen LogP contribution in [-0.4, -0.2) is 19.0 Å². The van der Waals surface area contributed by atoms with Crippen LogP contribution in [0.4, 0.5) is 5.69 Å². The van der Waals surface area contributed by atoms with E-state index in [2.05, 4.69) is 5.32 Å². The van der Waals surface area contributed by atoms with Crippen molar-refractivity contribution in [3.63, 3.8) is 0 Å². The highest BCUT2D eigenvalue weighted by atomic mass is 127. The Morgan fingerprint density at radius 2 is 1.68 bits per heavy atom. The van der Waals surface area contributed by atoms with Gasteiger partial charge in [-0.3, -0.25) is 4.79 Å². The van der Waals surface area contributed by atoms with Gasteiger partial charge in [-0.2, -0.15) is 5.26 Å². The average molecular weight is 524 g/mol. The van der Waals surface area contributed by atoms with E-state index in [1.54, 1.807) is 60.7 Å². The summed E-state index contributed by atoms with van der Waals surface area (Å²) >= 11 is 2.01. The molecule has 0 aliphatic heterocycles. The standard InChI is InChI=1S/C24H17IN2O4/c1-30-21-14-16(12-18(15-26)23(28)27-19-10-6-3-7-11-19)13-20(25)22(21)31-24(29)17-8-4-2-5-9-17/h2-14H,1H3,(H,27,28)/b18-12+. The summed E-state index contributed by atoms with van der Waals surface area (Å²) in [6.07, 6.45) is 1.45. The number of halogens is 1. The molecule has 154 valence electrons. The van der Waals surface area contributed by atoms with Crippen LogP contribution in [0, 0.1) is 14.9 Å². The van der Waals surface area contributed by atoms with Crippen molar-refractivity contribution in [2.75, 3.05) is 12.4 Å². The van der Waals surface area contributed by atoms with Crippen molar-refractivity contribution in [1.82, 2.24) is 0 Å². The van der Waals surface area contributed by atoms with Gasteiger partial charge in [0.15, 0.2) is 11.5 Å². The fraction of sp³-hybridized carbons (Fsp3) is 0.0417. The smallest absolute Gasteiger partial charge is 0.343 e. The minimum absolute atomic E-state index is 0.0734. The predicted octanol–water partition coefficient (Wildman–Crippen LogP) is 5.06. The molecule has 1 N–H and O–H groups in total. The maximum Gasteiger partial charge on any atom is 0.343 e. The van der Waals surface area contributed by atoms with Gasteiger partial charge >= 0.3 is 5.97 Å². The van der Waals surface area contributed by atoms with Gasteiger partial charge in [0.1, 0.15) is 11.6 Å². The zero-order chi connectivity index (χ0) is 22.2. The van der Waals surface area contributed by atoms with Crippen LogP contribution in [0.2, 0.25) is 0 Å². The van der Waals surface area contributed by atoms with Gasteiger partial charge in [0, 0.05) is 5.69 Å². The molecule has 0 aliphatic carbocycles. The quantitative estimate of drug-likeness (QED) is 0.160. The third kappa shape index (κ3) is 5.71. The highest BCUT2D eigenvalue weighted by Gasteiger charge is 2.17. The van der Waals surface area contributed by atoms with E-state index in [4.69, 9.17) is 9.47 Å². The Morgan fingerprint density at radius 1 is 1.03 bits per heavy atom. The zero-order valence-electron chi connectivity index (χ0n) is 16.5. The molecule has 0 heterocycles. The summed E-state index contributed by atoms with van der Waals surface area (Å²) in [7, 11) is 1.45. The van der Waals surface area contributed by atoms with Crippen molar-refractivity contribution in [3.8, 4) is 17.6 Å². The summed E-state index contributed by atoms with van der Waals surface area (Å²) in [6.45, 7) is 0. The summed E-state index contributed by atoms with van der Waals surface area (Å²) in [4.78, 5) is 24.9. The van der Waals surface area contributed by atoms with Crippen LogP contribution >= 0.6 is 22.6 Å². The van der Waals surface area contributed by atoms with Gasteiger partial charge < -0.3 is 14.8 Å². The van der Waals surface area contributed by atoms with E-state index >= 15 is 0 Å². The van der Waals surface area contributed by atoms with Gasteiger partial charge in [0.25, 0.3) is 5.91 Å². The molecule has 3 aromatic carbocycles. The average Bonchev–Trinajstić information content (AvgIpc) is 2.80. The van der Waals surface area contributed by atoms with Crippen LogP contribution in [0.15, 0.2) is 78.4 Å². The zero-order valence-corrected chi connectivity index (χ0v) is 18.6. The molecule has 3 rings (SSSR count). The van der Waals surface area contributed by atoms with Gasteiger partial charge in [-0.1, -0.05) is 36.4 Å². The molecular weight excluding hydrogens is 507 g/mol. The van der Waals surface area contributed by atoms with E-state index in [9.17, 15) is 14.9 Å². The number of para-hydroxylation sites is 1. The van der Waals surface area contributed by atoms with E-state index < -0.39 is 11.9 Å². The normalized spacial score (nSPS) is 10.7. The van der Waals surface area contributed by atoms with Gasteiger partial charge in [-0.05, 0) is 70.6 Å². The lowest BCUT2D eigenvalue weighted by Crippen LogP contribution is -2.13. The molecule has 1 amide bonds. The molecule has 31 heavy (non-hydrogen) atoms. The summed E-state index contributed by atoms with van der Waals surface area (Å²) in [5.41, 5.74) is 1.48. The summed E-state index contributed by atoms with van der Waals surface area (Å²) < 4.78 is 11.5. The van der Waals surface area contributed by atoms with Crippen LogP contribution in [0.5, 0.6) is 11.5 Å². The topological polar surface area (TPSA) is 88.4 Å². The Balaban J connectivity index is 1.86. The minimum atomic E-state index is -0.526. The number of benzene rings is 3. The Bertz CT molecular complexity index is 1170. The molecule has 0 fully saturated rings. The number of hydrogen-bond donors (Lipinski definition) is 1. The second-order valence-electron chi connectivity index (χ2n) is 6.28. The van der Waals surface area contributed by atoms with E-state index in [1.165, 1.54) is 13.2 Å². The molecule has 0 aliphatic rings. The third-order valence-electron chi connectivity index (χ3n) is 4.16. The molecule has 0 spiro atoms. The number of nitriles is 1. The molecule has 0 atom stereocenters. The van der Waals surface area contributed by atoms with Crippen molar-refractivity contribution >= 4 is 46.2 Å². The Labute approximate surface area is 193 Å². The largest absolute Gasteiger partial charge is 0.493 e. The van der Waals surface area contributed by atoms with Gasteiger partial charge in [0.2, 0.25) is 0 Å². The van der Waals surface area contributed by atoms with E-state index in [0.29, 0.717) is 26.1 Å². The molecule has 0 aromatic heterocycles. The summed E-state index contributed by atoms with van der Waals surface area (Å²) in [5, 5.41) is 12.1. The van der Waals surface area contributed by atoms with Crippen molar-refractivity contribution in [1.29, 1.82) is 5.26 Å². The fourth-order valence-corrected chi connectivity index (χ4v) is 3.42. The Hall–Kier alpha value is -3.64. The number of amides is 1. The van der Waals surface area contributed by atoms with Crippen LogP contribution < -0.4 is 14.8 Å². The second-order valence-corrected chi connectivity index (χ2v) is 7.44. The number of rotatable bonds is 6. The van der Waals surface area contributed by atoms with Gasteiger partial charge in [0.05, 0.1) is 16.2 Å². The molecule has 0 unspecified atom stereocenters. The maximum atomic E-state index is 12.5. The Kier molecular flexibility index (Phi) is 7.40. The number of anilines is 1. The molecule has 7 heteroatoms. The van der Waals surface area contributed by atoms with E-state index in [-0.39, 0.29) is 11.3 Å². The third-order valence-corrected chi connectivity index (χ3v) is 4.97. The van der Waals surface area contributed by atoms with Crippen LogP contribution in [0.1, 0.15) is 15.9 Å². The number of nitrogens with one attached hydrogen (secondary N) is 1. The van der Waals surface area contributed by atoms with Crippen molar-refractivity contribution < 1.29 is 19.1 Å². The van der Waals surface area contributed by atoms with Gasteiger partial charge in [-0.25, -0.2) is 4.79 Å². The molecular formula is C24H17IN2O4. The first-order chi connectivity index (χ1) is 15.0. The van der Waals surface area contributed by atoms with Crippen LogP contribution in [-0.2, 0) is 4.79 Å². The van der Waals surface area contributed by atoms with E-state index in [0.717, 1.165) is 0 Å². The SMILES string of the molecule is COc1cc(/C=C(\C#N)C(=O)Nc2ccccc2)cc(I)c1OC(=O)c1ccccc1. The summed E-state index contributed by atoms with van der Waals surface area (Å²) in [6, 6.07) is 22.7. The summed E-state index contributed by atoms with van der Waals surface area (Å²) in [5.74, 6) is -0.466. The lowest BCUT2D eigenvalue weighted by molar-refractivity contribution is -0.112.